The maximum absolute atomic E-state index is 12.2. The minimum Gasteiger partial charge on any atom is -0.459 e. The average Bonchev–Trinajstić information content (AvgIpc) is 3.21. The van der Waals surface area contributed by atoms with Gasteiger partial charge in [0.1, 0.15) is 0 Å². The molecular weight excluding hydrogens is 250 g/mol. The molecule has 1 fully saturated rings. The normalized spacial score (nSPS) is 13.7. The largest absolute Gasteiger partial charge is 0.459 e. The first-order valence-electron chi connectivity index (χ1n) is 7.03. The molecule has 20 heavy (non-hydrogen) atoms. The molecule has 1 aliphatic carbocycles. The maximum Gasteiger partial charge on any atom is 0.340 e. The van der Waals surface area contributed by atoms with Gasteiger partial charge in [-0.15, -0.1) is 5.92 Å². The van der Waals surface area contributed by atoms with Crippen molar-refractivity contribution in [1.29, 1.82) is 0 Å². The second kappa shape index (κ2) is 6.00. The summed E-state index contributed by atoms with van der Waals surface area (Å²) in [5.41, 5.74) is 2.46. The number of benzene rings is 1. The number of carbonyl (C=O) groups excluding carboxylic acids is 1. The lowest BCUT2D eigenvalue weighted by Crippen LogP contribution is -2.23. The van der Waals surface area contributed by atoms with Crippen LogP contribution < -0.4 is 4.90 Å². The van der Waals surface area contributed by atoms with E-state index in [2.05, 4.69) is 16.7 Å². The van der Waals surface area contributed by atoms with Gasteiger partial charge in [-0.1, -0.05) is 5.92 Å². The lowest BCUT2D eigenvalue weighted by atomic mass is 10.1. The fourth-order valence-electron chi connectivity index (χ4n) is 2.15. The fourth-order valence-corrected chi connectivity index (χ4v) is 2.15. The molecule has 0 aromatic heterocycles. The Morgan fingerprint density at radius 1 is 1.40 bits per heavy atom. The van der Waals surface area contributed by atoms with Crippen LogP contribution in [0.15, 0.2) is 18.2 Å². The van der Waals surface area contributed by atoms with E-state index in [9.17, 15) is 4.79 Å². The Balaban J connectivity index is 2.37. The van der Waals surface area contributed by atoms with Gasteiger partial charge < -0.3 is 9.64 Å². The van der Waals surface area contributed by atoms with Crippen LogP contribution in [0, 0.1) is 11.8 Å². The monoisotopic (exact) mass is 271 g/mol. The number of rotatable bonds is 4. The van der Waals surface area contributed by atoms with E-state index in [4.69, 9.17) is 4.74 Å². The summed E-state index contributed by atoms with van der Waals surface area (Å²) >= 11 is 0. The number of carbonyl (C=O) groups is 1. The molecule has 0 N–H and O–H groups in total. The third-order valence-corrected chi connectivity index (χ3v) is 3.30. The summed E-state index contributed by atoms with van der Waals surface area (Å²) in [6, 6.07) is 6.20. The molecule has 0 amide bonds. The molecule has 1 aromatic carbocycles. The smallest absolute Gasteiger partial charge is 0.340 e. The standard InChI is InChI=1S/C17H21NO2/c1-5-6-13-7-10-15(17(19)20-12(2)3)16(11-13)18(4)14-8-9-14/h7,10-12,14H,8-9H2,1-4H3. The van der Waals surface area contributed by atoms with Gasteiger partial charge in [-0.05, 0) is 51.8 Å². The van der Waals surface area contributed by atoms with E-state index in [-0.39, 0.29) is 12.1 Å². The molecule has 0 aliphatic heterocycles. The molecule has 0 spiro atoms. The Morgan fingerprint density at radius 2 is 2.10 bits per heavy atom. The summed E-state index contributed by atoms with van der Waals surface area (Å²) in [7, 11) is 2.03. The van der Waals surface area contributed by atoms with Gasteiger partial charge in [-0.25, -0.2) is 4.79 Å². The van der Waals surface area contributed by atoms with E-state index in [0.29, 0.717) is 11.6 Å². The zero-order valence-corrected chi connectivity index (χ0v) is 12.6. The topological polar surface area (TPSA) is 29.5 Å². The summed E-state index contributed by atoms with van der Waals surface area (Å²) in [5, 5.41) is 0. The van der Waals surface area contributed by atoms with Crippen LogP contribution in [-0.4, -0.2) is 25.2 Å². The lowest BCUT2D eigenvalue weighted by molar-refractivity contribution is 0.0378. The molecule has 0 saturated heterocycles. The Hall–Kier alpha value is -1.95. The predicted octanol–water partition coefficient (Wildman–Crippen LogP) is 3.22. The van der Waals surface area contributed by atoms with E-state index < -0.39 is 0 Å². The van der Waals surface area contributed by atoms with Crippen molar-refractivity contribution < 1.29 is 9.53 Å². The van der Waals surface area contributed by atoms with Crippen LogP contribution in [0.3, 0.4) is 0 Å². The quantitative estimate of drug-likeness (QED) is 0.622. The molecule has 3 nitrogen and oxygen atoms in total. The van der Waals surface area contributed by atoms with Crippen LogP contribution in [0.4, 0.5) is 5.69 Å². The van der Waals surface area contributed by atoms with Gasteiger partial charge in [0.05, 0.1) is 17.4 Å². The van der Waals surface area contributed by atoms with E-state index in [1.807, 2.05) is 46.0 Å². The molecule has 106 valence electrons. The van der Waals surface area contributed by atoms with Gasteiger partial charge >= 0.3 is 5.97 Å². The fraction of sp³-hybridized carbons (Fsp3) is 0.471. The lowest BCUT2D eigenvalue weighted by Gasteiger charge is -2.22. The number of ether oxygens (including phenoxy) is 1. The Bertz CT molecular complexity index is 562. The van der Waals surface area contributed by atoms with Gasteiger partial charge in [0.25, 0.3) is 0 Å². The molecule has 1 aliphatic rings. The minimum atomic E-state index is -0.265. The summed E-state index contributed by atoms with van der Waals surface area (Å²) in [4.78, 5) is 14.4. The molecule has 0 radical (unpaired) electrons. The second-order valence-corrected chi connectivity index (χ2v) is 5.40. The second-order valence-electron chi connectivity index (χ2n) is 5.40. The third kappa shape index (κ3) is 3.33. The van der Waals surface area contributed by atoms with Gasteiger partial charge in [-0.2, -0.15) is 0 Å². The summed E-state index contributed by atoms with van der Waals surface area (Å²) in [5.74, 6) is 5.67. The molecule has 3 heteroatoms. The highest BCUT2D eigenvalue weighted by atomic mass is 16.5. The molecule has 0 atom stereocenters. The van der Waals surface area contributed by atoms with Gasteiger partial charge in [-0.3, -0.25) is 0 Å². The molecule has 0 bridgehead atoms. The van der Waals surface area contributed by atoms with E-state index >= 15 is 0 Å². The zero-order chi connectivity index (χ0) is 14.7. The predicted molar refractivity (Wildman–Crippen MR) is 81.0 cm³/mol. The number of hydrogen-bond donors (Lipinski definition) is 0. The minimum absolute atomic E-state index is 0.114. The Labute approximate surface area is 120 Å². The van der Waals surface area contributed by atoms with Gasteiger partial charge in [0, 0.05) is 18.7 Å². The maximum atomic E-state index is 12.2. The van der Waals surface area contributed by atoms with E-state index in [1.165, 1.54) is 12.8 Å². The van der Waals surface area contributed by atoms with Crippen molar-refractivity contribution in [3.05, 3.63) is 29.3 Å². The SMILES string of the molecule is CC#Cc1ccc(C(=O)OC(C)C)c(N(C)C2CC2)c1. The molecular formula is C17H21NO2. The number of nitrogens with zero attached hydrogens (tertiary/aromatic N) is 1. The highest BCUT2D eigenvalue weighted by molar-refractivity contribution is 5.96. The zero-order valence-electron chi connectivity index (χ0n) is 12.6. The number of esters is 1. The number of hydrogen-bond acceptors (Lipinski definition) is 3. The van der Waals surface area contributed by atoms with Crippen LogP contribution in [0.25, 0.3) is 0 Å². The Kier molecular flexibility index (Phi) is 4.34. The molecule has 1 aromatic rings. The van der Waals surface area contributed by atoms with Crippen molar-refractivity contribution in [3.63, 3.8) is 0 Å². The van der Waals surface area contributed by atoms with E-state index in [0.717, 1.165) is 11.3 Å². The van der Waals surface area contributed by atoms with Crippen LogP contribution in [0.2, 0.25) is 0 Å². The molecule has 1 saturated carbocycles. The summed E-state index contributed by atoms with van der Waals surface area (Å²) < 4.78 is 5.33. The highest BCUT2D eigenvalue weighted by Gasteiger charge is 2.29. The average molecular weight is 271 g/mol. The first-order valence-corrected chi connectivity index (χ1v) is 7.03. The molecule has 0 unspecified atom stereocenters. The van der Waals surface area contributed by atoms with Crippen LogP contribution in [-0.2, 0) is 4.74 Å². The number of anilines is 1. The third-order valence-electron chi connectivity index (χ3n) is 3.30. The van der Waals surface area contributed by atoms with Crippen molar-refractivity contribution in [1.82, 2.24) is 0 Å². The van der Waals surface area contributed by atoms with Crippen LogP contribution in [0.5, 0.6) is 0 Å². The van der Waals surface area contributed by atoms with Crippen LogP contribution in [0.1, 0.15) is 49.5 Å². The summed E-state index contributed by atoms with van der Waals surface area (Å²) in [6.45, 7) is 5.53. The summed E-state index contributed by atoms with van der Waals surface area (Å²) in [6.07, 6.45) is 2.24. The Morgan fingerprint density at radius 3 is 2.65 bits per heavy atom. The first-order chi connectivity index (χ1) is 9.52. The van der Waals surface area contributed by atoms with Crippen LogP contribution >= 0.6 is 0 Å². The highest BCUT2D eigenvalue weighted by Crippen LogP contribution is 2.33. The van der Waals surface area contributed by atoms with Gasteiger partial charge in [0.2, 0.25) is 0 Å². The van der Waals surface area contributed by atoms with Crippen molar-refractivity contribution in [2.24, 2.45) is 0 Å². The molecule has 0 heterocycles. The van der Waals surface area contributed by atoms with Crippen molar-refractivity contribution in [3.8, 4) is 11.8 Å². The van der Waals surface area contributed by atoms with Gasteiger partial charge in [0.15, 0.2) is 0 Å². The van der Waals surface area contributed by atoms with E-state index in [1.54, 1.807) is 0 Å². The van der Waals surface area contributed by atoms with Crippen molar-refractivity contribution >= 4 is 11.7 Å². The first kappa shape index (κ1) is 14.5. The van der Waals surface area contributed by atoms with Crippen molar-refractivity contribution in [2.75, 3.05) is 11.9 Å². The molecule has 2 rings (SSSR count). The van der Waals surface area contributed by atoms with Crippen molar-refractivity contribution in [2.45, 2.75) is 45.8 Å².